The van der Waals surface area contributed by atoms with Crippen molar-refractivity contribution >= 4 is 21.8 Å². The standard InChI is InChI=1S/C10H11BrN2O/c1-6-10(14)13-9(12-6)7-4-2-3-5-8(7)11/h2-6,9,12H,1H3,(H,13,14). The lowest BCUT2D eigenvalue weighted by Crippen LogP contribution is -2.24. The molecule has 0 spiro atoms. The highest BCUT2D eigenvalue weighted by atomic mass is 79.9. The van der Waals surface area contributed by atoms with Crippen LogP contribution in [-0.2, 0) is 4.79 Å². The highest BCUT2D eigenvalue weighted by Crippen LogP contribution is 2.23. The van der Waals surface area contributed by atoms with E-state index in [2.05, 4.69) is 26.6 Å². The molecule has 14 heavy (non-hydrogen) atoms. The molecule has 0 aromatic heterocycles. The van der Waals surface area contributed by atoms with Crippen LogP contribution in [0.25, 0.3) is 0 Å². The largest absolute Gasteiger partial charge is 0.335 e. The van der Waals surface area contributed by atoms with Gasteiger partial charge in [0.25, 0.3) is 0 Å². The average molecular weight is 255 g/mol. The fourth-order valence-electron chi connectivity index (χ4n) is 1.51. The first kappa shape index (κ1) is 9.68. The van der Waals surface area contributed by atoms with Crippen molar-refractivity contribution in [3.63, 3.8) is 0 Å². The summed E-state index contributed by atoms with van der Waals surface area (Å²) in [6.07, 6.45) is -0.0759. The predicted molar refractivity (Wildman–Crippen MR) is 57.6 cm³/mol. The number of hydrogen-bond donors (Lipinski definition) is 2. The Bertz CT molecular complexity index is 367. The maximum absolute atomic E-state index is 11.3. The molecule has 1 aromatic carbocycles. The molecule has 1 fully saturated rings. The molecule has 1 heterocycles. The number of halogens is 1. The summed E-state index contributed by atoms with van der Waals surface area (Å²) in [5.74, 6) is 0.0470. The summed E-state index contributed by atoms with van der Waals surface area (Å²) in [4.78, 5) is 11.3. The van der Waals surface area contributed by atoms with E-state index in [0.717, 1.165) is 10.0 Å². The summed E-state index contributed by atoms with van der Waals surface area (Å²) < 4.78 is 1.01. The Morgan fingerprint density at radius 2 is 2.07 bits per heavy atom. The Kier molecular flexibility index (Phi) is 2.56. The van der Waals surface area contributed by atoms with Crippen molar-refractivity contribution in [2.24, 2.45) is 0 Å². The van der Waals surface area contributed by atoms with Crippen LogP contribution < -0.4 is 10.6 Å². The number of rotatable bonds is 1. The van der Waals surface area contributed by atoms with Gasteiger partial charge in [-0.25, -0.2) is 0 Å². The van der Waals surface area contributed by atoms with Crippen LogP contribution in [0.1, 0.15) is 18.7 Å². The van der Waals surface area contributed by atoms with Crippen molar-refractivity contribution in [1.82, 2.24) is 10.6 Å². The van der Waals surface area contributed by atoms with E-state index < -0.39 is 0 Å². The lowest BCUT2D eigenvalue weighted by atomic mass is 10.2. The Morgan fingerprint density at radius 3 is 2.64 bits per heavy atom. The third-order valence-electron chi connectivity index (χ3n) is 2.31. The third-order valence-corrected chi connectivity index (χ3v) is 3.03. The van der Waals surface area contributed by atoms with Crippen molar-refractivity contribution < 1.29 is 4.79 Å². The topological polar surface area (TPSA) is 41.1 Å². The van der Waals surface area contributed by atoms with Gasteiger partial charge < -0.3 is 5.32 Å². The molecule has 3 nitrogen and oxygen atoms in total. The van der Waals surface area contributed by atoms with Gasteiger partial charge in [0.2, 0.25) is 5.91 Å². The van der Waals surface area contributed by atoms with Gasteiger partial charge in [0.05, 0.1) is 6.04 Å². The van der Waals surface area contributed by atoms with E-state index in [4.69, 9.17) is 0 Å². The Hall–Kier alpha value is -0.870. The quantitative estimate of drug-likeness (QED) is 0.799. The molecular weight excluding hydrogens is 244 g/mol. The van der Waals surface area contributed by atoms with Crippen molar-refractivity contribution in [3.8, 4) is 0 Å². The van der Waals surface area contributed by atoms with Gasteiger partial charge in [-0.3, -0.25) is 10.1 Å². The molecular formula is C10H11BrN2O. The third kappa shape index (κ3) is 1.67. The van der Waals surface area contributed by atoms with Crippen LogP contribution in [0.4, 0.5) is 0 Å². The van der Waals surface area contributed by atoms with Gasteiger partial charge in [0, 0.05) is 10.0 Å². The van der Waals surface area contributed by atoms with Crippen molar-refractivity contribution in [2.45, 2.75) is 19.1 Å². The number of nitrogens with one attached hydrogen (secondary N) is 2. The monoisotopic (exact) mass is 254 g/mol. The average Bonchev–Trinajstić information content (AvgIpc) is 2.48. The number of benzene rings is 1. The van der Waals surface area contributed by atoms with E-state index in [1.165, 1.54) is 0 Å². The molecule has 0 bridgehead atoms. The molecule has 4 heteroatoms. The molecule has 2 unspecified atom stereocenters. The maximum Gasteiger partial charge on any atom is 0.238 e. The second kappa shape index (κ2) is 3.71. The van der Waals surface area contributed by atoms with E-state index in [1.54, 1.807) is 0 Å². The smallest absolute Gasteiger partial charge is 0.238 e. The summed E-state index contributed by atoms with van der Waals surface area (Å²) in [5.41, 5.74) is 1.06. The molecule has 0 saturated carbocycles. The minimum absolute atomic E-state index is 0.0470. The Balaban J connectivity index is 2.25. The summed E-state index contributed by atoms with van der Waals surface area (Å²) >= 11 is 3.45. The molecule has 2 N–H and O–H groups in total. The van der Waals surface area contributed by atoms with Gasteiger partial charge >= 0.3 is 0 Å². The lowest BCUT2D eigenvalue weighted by Gasteiger charge is -2.12. The van der Waals surface area contributed by atoms with Crippen molar-refractivity contribution in [1.29, 1.82) is 0 Å². The predicted octanol–water partition coefficient (Wildman–Crippen LogP) is 1.56. The Labute approximate surface area is 91.0 Å². The molecule has 1 amide bonds. The number of hydrogen-bond acceptors (Lipinski definition) is 2. The normalized spacial score (nSPS) is 26.3. The van der Waals surface area contributed by atoms with Gasteiger partial charge in [-0.1, -0.05) is 34.1 Å². The molecule has 0 aliphatic carbocycles. The first-order valence-electron chi connectivity index (χ1n) is 4.49. The zero-order valence-corrected chi connectivity index (χ0v) is 9.34. The van der Waals surface area contributed by atoms with Crippen LogP contribution in [-0.4, -0.2) is 11.9 Å². The Morgan fingerprint density at radius 1 is 1.36 bits per heavy atom. The second-order valence-corrected chi connectivity index (χ2v) is 4.21. The molecule has 1 aliphatic heterocycles. The molecule has 0 radical (unpaired) electrons. The number of carbonyl (C=O) groups is 1. The van der Waals surface area contributed by atoms with E-state index in [0.29, 0.717) is 0 Å². The van der Waals surface area contributed by atoms with Crippen LogP contribution in [0.2, 0.25) is 0 Å². The van der Waals surface area contributed by atoms with Gasteiger partial charge in [-0.2, -0.15) is 0 Å². The van der Waals surface area contributed by atoms with Crippen LogP contribution in [0.3, 0.4) is 0 Å². The zero-order chi connectivity index (χ0) is 10.1. The molecule has 1 aromatic rings. The van der Waals surface area contributed by atoms with Crippen LogP contribution in [0.15, 0.2) is 28.7 Å². The highest BCUT2D eigenvalue weighted by Gasteiger charge is 2.28. The van der Waals surface area contributed by atoms with E-state index in [1.807, 2.05) is 31.2 Å². The molecule has 1 aliphatic rings. The summed E-state index contributed by atoms with van der Waals surface area (Å²) in [6.45, 7) is 1.85. The van der Waals surface area contributed by atoms with Gasteiger partial charge in [-0.05, 0) is 13.0 Å². The first-order valence-corrected chi connectivity index (χ1v) is 5.28. The summed E-state index contributed by atoms with van der Waals surface area (Å²) in [5, 5.41) is 6.05. The fourth-order valence-corrected chi connectivity index (χ4v) is 2.03. The minimum atomic E-state index is -0.118. The van der Waals surface area contributed by atoms with Crippen molar-refractivity contribution in [2.75, 3.05) is 0 Å². The van der Waals surface area contributed by atoms with Gasteiger partial charge in [-0.15, -0.1) is 0 Å². The second-order valence-electron chi connectivity index (χ2n) is 3.35. The first-order chi connectivity index (χ1) is 6.68. The lowest BCUT2D eigenvalue weighted by molar-refractivity contribution is -0.120. The summed E-state index contributed by atoms with van der Waals surface area (Å²) in [6, 6.07) is 7.74. The number of carbonyl (C=O) groups excluding carboxylic acids is 1. The maximum atomic E-state index is 11.3. The molecule has 2 rings (SSSR count). The van der Waals surface area contributed by atoms with Gasteiger partial charge in [0.15, 0.2) is 0 Å². The minimum Gasteiger partial charge on any atom is -0.335 e. The molecule has 2 atom stereocenters. The number of amides is 1. The van der Waals surface area contributed by atoms with Crippen LogP contribution in [0.5, 0.6) is 0 Å². The van der Waals surface area contributed by atoms with Crippen LogP contribution in [0, 0.1) is 0 Å². The summed E-state index contributed by atoms with van der Waals surface area (Å²) in [7, 11) is 0. The van der Waals surface area contributed by atoms with E-state index in [-0.39, 0.29) is 18.1 Å². The fraction of sp³-hybridized carbons (Fsp3) is 0.300. The highest BCUT2D eigenvalue weighted by molar-refractivity contribution is 9.10. The molecule has 74 valence electrons. The van der Waals surface area contributed by atoms with Gasteiger partial charge in [0.1, 0.15) is 6.17 Å². The van der Waals surface area contributed by atoms with E-state index in [9.17, 15) is 4.79 Å². The van der Waals surface area contributed by atoms with E-state index >= 15 is 0 Å². The SMILES string of the molecule is CC1NC(c2ccccc2Br)NC1=O. The van der Waals surface area contributed by atoms with Crippen LogP contribution >= 0.6 is 15.9 Å². The molecule has 1 saturated heterocycles. The zero-order valence-electron chi connectivity index (χ0n) is 7.75. The van der Waals surface area contributed by atoms with Crippen molar-refractivity contribution in [3.05, 3.63) is 34.3 Å².